The van der Waals surface area contributed by atoms with E-state index in [1.54, 1.807) is 19.4 Å². The van der Waals surface area contributed by atoms with Crippen molar-refractivity contribution in [2.75, 3.05) is 7.11 Å². The van der Waals surface area contributed by atoms with E-state index in [1.807, 2.05) is 13.8 Å². The number of hydrogen-bond donors (Lipinski definition) is 1. The maximum Gasteiger partial charge on any atom is 0.128 e. The van der Waals surface area contributed by atoms with Gasteiger partial charge in [-0.1, -0.05) is 15.9 Å². The van der Waals surface area contributed by atoms with Gasteiger partial charge in [-0.05, 0) is 37.6 Å². The Hall–Kier alpha value is -1.46. The third-order valence-electron chi connectivity index (χ3n) is 3.37. The van der Waals surface area contributed by atoms with Gasteiger partial charge in [0.1, 0.15) is 11.6 Å². The first-order valence-electron chi connectivity index (χ1n) is 6.66. The van der Waals surface area contributed by atoms with Crippen LogP contribution in [0, 0.1) is 19.7 Å². The van der Waals surface area contributed by atoms with Gasteiger partial charge in [-0.25, -0.2) is 4.39 Å². The average Bonchev–Trinajstić information content (AvgIpc) is 2.45. The van der Waals surface area contributed by atoms with Crippen molar-refractivity contribution in [1.29, 1.82) is 0 Å². The van der Waals surface area contributed by atoms with Gasteiger partial charge in [0.25, 0.3) is 0 Å². The van der Waals surface area contributed by atoms with Gasteiger partial charge in [-0.15, -0.1) is 0 Å². The maximum absolute atomic E-state index is 13.2. The van der Waals surface area contributed by atoms with E-state index in [1.165, 1.54) is 12.1 Å². The molecule has 0 fully saturated rings. The van der Waals surface area contributed by atoms with Gasteiger partial charge in [-0.3, -0.25) is 4.98 Å². The Bertz CT molecular complexity index is 646. The Morgan fingerprint density at radius 1 is 1.29 bits per heavy atom. The predicted octanol–water partition coefficient (Wildman–Crippen LogP) is 3.90. The van der Waals surface area contributed by atoms with E-state index in [4.69, 9.17) is 4.74 Å². The van der Waals surface area contributed by atoms with Crippen LogP contribution in [0.1, 0.15) is 22.4 Å². The van der Waals surface area contributed by atoms with E-state index < -0.39 is 0 Å². The molecule has 0 atom stereocenters. The zero-order valence-corrected chi connectivity index (χ0v) is 13.9. The van der Waals surface area contributed by atoms with Gasteiger partial charge < -0.3 is 10.1 Å². The topological polar surface area (TPSA) is 34.1 Å². The second-order valence-corrected chi connectivity index (χ2v) is 5.74. The van der Waals surface area contributed by atoms with E-state index in [2.05, 4.69) is 26.2 Å². The summed E-state index contributed by atoms with van der Waals surface area (Å²) < 4.78 is 19.5. The van der Waals surface area contributed by atoms with Crippen LogP contribution in [-0.2, 0) is 13.1 Å². The smallest absolute Gasteiger partial charge is 0.128 e. The van der Waals surface area contributed by atoms with Crippen molar-refractivity contribution in [3.05, 3.63) is 57.1 Å². The van der Waals surface area contributed by atoms with Crippen LogP contribution in [-0.4, -0.2) is 12.1 Å². The largest absolute Gasteiger partial charge is 0.496 e. The first-order chi connectivity index (χ1) is 10.0. The van der Waals surface area contributed by atoms with Crippen LogP contribution in [0.4, 0.5) is 4.39 Å². The quantitative estimate of drug-likeness (QED) is 0.885. The molecule has 2 aromatic rings. The molecule has 1 heterocycles. The molecule has 21 heavy (non-hydrogen) atoms. The summed E-state index contributed by atoms with van der Waals surface area (Å²) in [4.78, 5) is 4.43. The number of methoxy groups -OCH3 is 1. The fourth-order valence-electron chi connectivity index (χ4n) is 2.24. The molecule has 1 N–H and O–H groups in total. The highest BCUT2D eigenvalue weighted by molar-refractivity contribution is 9.10. The number of nitrogens with one attached hydrogen (secondary N) is 1. The van der Waals surface area contributed by atoms with E-state index in [-0.39, 0.29) is 5.82 Å². The lowest BCUT2D eigenvalue weighted by atomic mass is 10.1. The van der Waals surface area contributed by atoms with E-state index in [9.17, 15) is 4.39 Å². The standard InChI is InChI=1S/C16H18BrFN2O/c1-10-7-20-15(11(2)16(10)21-3)9-19-8-12-6-13(18)4-5-14(12)17/h4-7,19H,8-9H2,1-3H3. The molecular weight excluding hydrogens is 335 g/mol. The van der Waals surface area contributed by atoms with Crippen molar-refractivity contribution < 1.29 is 9.13 Å². The van der Waals surface area contributed by atoms with Crippen molar-refractivity contribution in [3.8, 4) is 5.75 Å². The zero-order valence-electron chi connectivity index (χ0n) is 12.3. The van der Waals surface area contributed by atoms with Crippen molar-refractivity contribution in [2.24, 2.45) is 0 Å². The average molecular weight is 353 g/mol. The minimum atomic E-state index is -0.235. The molecular formula is C16H18BrFN2O. The van der Waals surface area contributed by atoms with Crippen LogP contribution >= 0.6 is 15.9 Å². The van der Waals surface area contributed by atoms with Crippen LogP contribution in [0.15, 0.2) is 28.9 Å². The minimum Gasteiger partial charge on any atom is -0.496 e. The SMILES string of the molecule is COc1c(C)cnc(CNCc2cc(F)ccc2Br)c1C. The Kier molecular flexibility index (Phi) is 5.31. The summed E-state index contributed by atoms with van der Waals surface area (Å²) in [5, 5.41) is 3.28. The monoisotopic (exact) mass is 352 g/mol. The molecule has 2 rings (SSSR count). The van der Waals surface area contributed by atoms with Crippen LogP contribution in [0.25, 0.3) is 0 Å². The third-order valence-corrected chi connectivity index (χ3v) is 4.14. The molecule has 1 aromatic carbocycles. The summed E-state index contributed by atoms with van der Waals surface area (Å²) in [6, 6.07) is 4.67. The van der Waals surface area contributed by atoms with Crippen molar-refractivity contribution in [1.82, 2.24) is 10.3 Å². The number of rotatable bonds is 5. The predicted molar refractivity (Wildman–Crippen MR) is 84.9 cm³/mol. The summed E-state index contributed by atoms with van der Waals surface area (Å²) in [5.74, 6) is 0.634. The fourth-order valence-corrected chi connectivity index (χ4v) is 2.63. The normalized spacial score (nSPS) is 10.7. The molecule has 112 valence electrons. The van der Waals surface area contributed by atoms with Gasteiger partial charge in [0, 0.05) is 34.9 Å². The van der Waals surface area contributed by atoms with Crippen molar-refractivity contribution >= 4 is 15.9 Å². The van der Waals surface area contributed by atoms with E-state index in [0.29, 0.717) is 13.1 Å². The zero-order chi connectivity index (χ0) is 15.4. The number of aromatic nitrogens is 1. The van der Waals surface area contributed by atoms with Crippen molar-refractivity contribution in [3.63, 3.8) is 0 Å². The summed E-state index contributed by atoms with van der Waals surface area (Å²) in [6.45, 7) is 5.13. The molecule has 0 bridgehead atoms. The molecule has 0 aliphatic heterocycles. The lowest BCUT2D eigenvalue weighted by Crippen LogP contribution is -2.15. The maximum atomic E-state index is 13.2. The van der Waals surface area contributed by atoms with Gasteiger partial charge in [0.15, 0.2) is 0 Å². The molecule has 5 heteroatoms. The van der Waals surface area contributed by atoms with Gasteiger partial charge in [0.05, 0.1) is 12.8 Å². The Balaban J connectivity index is 2.05. The second kappa shape index (κ2) is 7.00. The van der Waals surface area contributed by atoms with Crippen molar-refractivity contribution in [2.45, 2.75) is 26.9 Å². The molecule has 0 saturated carbocycles. The highest BCUT2D eigenvalue weighted by atomic mass is 79.9. The number of pyridine rings is 1. The number of ether oxygens (including phenoxy) is 1. The van der Waals surface area contributed by atoms with Crippen LogP contribution in [0.3, 0.4) is 0 Å². The summed E-state index contributed by atoms with van der Waals surface area (Å²) in [6.07, 6.45) is 1.81. The first-order valence-corrected chi connectivity index (χ1v) is 7.46. The lowest BCUT2D eigenvalue weighted by molar-refractivity contribution is 0.406. The second-order valence-electron chi connectivity index (χ2n) is 4.89. The summed E-state index contributed by atoms with van der Waals surface area (Å²) in [5.41, 5.74) is 3.87. The van der Waals surface area contributed by atoms with Crippen LogP contribution in [0.5, 0.6) is 5.75 Å². The lowest BCUT2D eigenvalue weighted by Gasteiger charge is -2.13. The van der Waals surface area contributed by atoms with Gasteiger partial charge >= 0.3 is 0 Å². The number of hydrogen-bond acceptors (Lipinski definition) is 3. The molecule has 0 aliphatic carbocycles. The molecule has 0 unspecified atom stereocenters. The van der Waals surface area contributed by atoms with E-state index >= 15 is 0 Å². The molecule has 0 amide bonds. The molecule has 0 radical (unpaired) electrons. The number of nitrogens with zero attached hydrogens (tertiary/aromatic N) is 1. The molecule has 1 aromatic heterocycles. The van der Waals surface area contributed by atoms with E-state index in [0.717, 1.165) is 32.6 Å². The summed E-state index contributed by atoms with van der Waals surface area (Å²) in [7, 11) is 1.66. The molecule has 3 nitrogen and oxygen atoms in total. The Morgan fingerprint density at radius 2 is 2.05 bits per heavy atom. The highest BCUT2D eigenvalue weighted by Gasteiger charge is 2.09. The fraction of sp³-hybridized carbons (Fsp3) is 0.312. The van der Waals surface area contributed by atoms with Crippen LogP contribution in [0.2, 0.25) is 0 Å². The Morgan fingerprint density at radius 3 is 2.76 bits per heavy atom. The first kappa shape index (κ1) is 15.9. The summed E-state index contributed by atoms with van der Waals surface area (Å²) >= 11 is 3.42. The number of halogens is 2. The van der Waals surface area contributed by atoms with Gasteiger partial charge in [-0.2, -0.15) is 0 Å². The number of aryl methyl sites for hydroxylation is 1. The minimum absolute atomic E-state index is 0.235. The van der Waals surface area contributed by atoms with Gasteiger partial charge in [0.2, 0.25) is 0 Å². The Labute approximate surface area is 132 Å². The van der Waals surface area contributed by atoms with Crippen LogP contribution < -0.4 is 10.1 Å². The highest BCUT2D eigenvalue weighted by Crippen LogP contribution is 2.24. The molecule has 0 saturated heterocycles. The third kappa shape index (κ3) is 3.80. The number of benzene rings is 1. The molecule has 0 spiro atoms. The molecule has 0 aliphatic rings.